The molecule has 1 fully saturated rings. The molecule has 0 N–H and O–H groups in total. The molecule has 2 rings (SSSR count). The number of piperidine rings is 1. The molecule has 0 saturated carbocycles. The van der Waals surface area contributed by atoms with E-state index in [0.29, 0.717) is 13.0 Å². The smallest absolute Gasteiger partial charge is 0.309 e. The van der Waals surface area contributed by atoms with Crippen LogP contribution in [-0.4, -0.2) is 42.1 Å². The number of anilines is 1. The normalized spacial score (nSPS) is 13.3. The van der Waals surface area contributed by atoms with Gasteiger partial charge in [0, 0.05) is 23.4 Å². The van der Waals surface area contributed by atoms with Gasteiger partial charge >= 0.3 is 5.97 Å². The van der Waals surface area contributed by atoms with Crippen LogP contribution >= 0.6 is 11.3 Å². The van der Waals surface area contributed by atoms with Crippen LogP contribution in [0.25, 0.3) is 5.57 Å². The summed E-state index contributed by atoms with van der Waals surface area (Å²) in [6, 6.07) is 0. The molecule has 0 amide bonds. The Balaban J connectivity index is 0. The second-order valence-electron chi connectivity index (χ2n) is 6.04. The number of esters is 1. The minimum absolute atomic E-state index is 0.0215. The molecule has 8 heteroatoms. The van der Waals surface area contributed by atoms with Gasteiger partial charge in [-0.15, -0.1) is 30.8 Å². The highest BCUT2D eigenvalue weighted by molar-refractivity contribution is 7.13. The zero-order valence-corrected chi connectivity index (χ0v) is 20.3. The molecule has 0 radical (unpaired) electrons. The molecule has 31 heavy (non-hydrogen) atoms. The SMILES string of the molecule is C#C.C=CC.CC.CCOC(=O)C1CCN(c2nc(/C(=C/C[N+](=O)[O-])CC)cs2)CC1. The van der Waals surface area contributed by atoms with Crippen LogP contribution < -0.4 is 4.90 Å². The lowest BCUT2D eigenvalue weighted by molar-refractivity contribution is -0.468. The molecule has 1 aromatic heterocycles. The fourth-order valence-corrected chi connectivity index (χ4v) is 3.64. The van der Waals surface area contributed by atoms with Crippen LogP contribution in [0.5, 0.6) is 0 Å². The van der Waals surface area contributed by atoms with E-state index in [1.165, 1.54) is 0 Å². The van der Waals surface area contributed by atoms with Gasteiger partial charge in [-0.05, 0) is 44.8 Å². The van der Waals surface area contributed by atoms with Crippen molar-refractivity contribution in [2.75, 3.05) is 31.1 Å². The Kier molecular flexibility index (Phi) is 19.0. The summed E-state index contributed by atoms with van der Waals surface area (Å²) < 4.78 is 5.09. The van der Waals surface area contributed by atoms with Gasteiger partial charge in [0.25, 0.3) is 0 Å². The van der Waals surface area contributed by atoms with E-state index in [4.69, 9.17) is 4.74 Å². The predicted molar refractivity (Wildman–Crippen MR) is 131 cm³/mol. The summed E-state index contributed by atoms with van der Waals surface area (Å²) in [5.74, 6) is -0.125. The molecular weight excluding hydrogens is 414 g/mol. The standard InChI is InChI=1S/C16H23N3O4S.C3H6.C2H6.C2H2/c1-3-12(7-10-19(21)22)14-11-24-16(17-14)18-8-5-13(6-9-18)15(20)23-4-2;1-3-2;2*1-2/h7,11,13H,3-6,8-10H2,1-2H3;3H,1H2,2H3;1-2H3;1-2H/b12-7+;;;. The number of nitrogens with zero attached hydrogens (tertiary/aromatic N) is 3. The molecule has 174 valence electrons. The van der Waals surface area contributed by atoms with Gasteiger partial charge in [0.05, 0.1) is 18.2 Å². The number of ether oxygens (including phenoxy) is 1. The van der Waals surface area contributed by atoms with Crippen LogP contribution in [0.15, 0.2) is 24.1 Å². The highest BCUT2D eigenvalue weighted by Crippen LogP contribution is 2.29. The van der Waals surface area contributed by atoms with E-state index in [1.54, 1.807) is 23.5 Å². The number of carbonyl (C=O) groups is 1. The predicted octanol–water partition coefficient (Wildman–Crippen LogP) is 5.46. The maximum Gasteiger partial charge on any atom is 0.309 e. The van der Waals surface area contributed by atoms with E-state index < -0.39 is 0 Å². The summed E-state index contributed by atoms with van der Waals surface area (Å²) in [7, 11) is 0. The first-order valence-electron chi connectivity index (χ1n) is 10.5. The van der Waals surface area contributed by atoms with Gasteiger partial charge in [0.1, 0.15) is 0 Å². The lowest BCUT2D eigenvalue weighted by Crippen LogP contribution is -2.36. The highest BCUT2D eigenvalue weighted by Gasteiger charge is 2.27. The summed E-state index contributed by atoms with van der Waals surface area (Å²) in [6.07, 6.45) is 13.6. The van der Waals surface area contributed by atoms with E-state index in [2.05, 4.69) is 29.3 Å². The van der Waals surface area contributed by atoms with Gasteiger partial charge < -0.3 is 9.64 Å². The first-order chi connectivity index (χ1) is 15.0. The number of rotatable bonds is 7. The molecular formula is C23H37N3O4S. The van der Waals surface area contributed by atoms with Crippen molar-refractivity contribution in [3.05, 3.63) is 39.9 Å². The van der Waals surface area contributed by atoms with Gasteiger partial charge in [0.15, 0.2) is 5.13 Å². The van der Waals surface area contributed by atoms with E-state index in [9.17, 15) is 14.9 Å². The van der Waals surface area contributed by atoms with E-state index in [0.717, 1.165) is 42.3 Å². The molecule has 0 aliphatic carbocycles. The Hall–Kier alpha value is -2.66. The Bertz CT molecular complexity index is 690. The van der Waals surface area contributed by atoms with Crippen LogP contribution in [0.3, 0.4) is 0 Å². The number of terminal acetylenes is 1. The van der Waals surface area contributed by atoms with Crippen LogP contribution in [0.2, 0.25) is 0 Å². The van der Waals surface area contributed by atoms with Crippen molar-refractivity contribution in [1.82, 2.24) is 4.98 Å². The highest BCUT2D eigenvalue weighted by atomic mass is 32.1. The van der Waals surface area contributed by atoms with Crippen molar-refractivity contribution in [3.63, 3.8) is 0 Å². The van der Waals surface area contributed by atoms with Crippen molar-refractivity contribution in [3.8, 4) is 12.8 Å². The lowest BCUT2D eigenvalue weighted by Gasteiger charge is -2.30. The third kappa shape index (κ3) is 11.9. The van der Waals surface area contributed by atoms with Crippen LogP contribution in [0, 0.1) is 28.9 Å². The van der Waals surface area contributed by atoms with Crippen LogP contribution in [-0.2, 0) is 9.53 Å². The number of thiazole rings is 1. The number of hydrogen-bond donors (Lipinski definition) is 0. The van der Waals surface area contributed by atoms with E-state index in [-0.39, 0.29) is 23.4 Å². The largest absolute Gasteiger partial charge is 0.466 e. The van der Waals surface area contributed by atoms with Gasteiger partial charge in [-0.2, -0.15) is 0 Å². The minimum Gasteiger partial charge on any atom is -0.466 e. The van der Waals surface area contributed by atoms with Crippen molar-refractivity contribution >= 4 is 28.0 Å². The molecule has 0 bridgehead atoms. The third-order valence-corrected chi connectivity index (χ3v) is 4.98. The first kappa shape index (κ1) is 30.5. The molecule has 1 aliphatic rings. The first-order valence-corrected chi connectivity index (χ1v) is 11.4. The van der Waals surface area contributed by atoms with Crippen LogP contribution in [0.4, 0.5) is 5.13 Å². The maximum absolute atomic E-state index is 11.8. The molecule has 1 saturated heterocycles. The van der Waals surface area contributed by atoms with E-state index >= 15 is 0 Å². The number of allylic oxidation sites excluding steroid dienone is 2. The fraction of sp³-hybridized carbons (Fsp3) is 0.565. The number of nitro groups is 1. The van der Waals surface area contributed by atoms with Crippen molar-refractivity contribution in [2.45, 2.75) is 53.9 Å². The average Bonchev–Trinajstić information content (AvgIpc) is 3.28. The molecule has 0 atom stereocenters. The molecule has 2 heterocycles. The zero-order chi connectivity index (χ0) is 24.2. The Morgan fingerprint density at radius 1 is 1.39 bits per heavy atom. The van der Waals surface area contributed by atoms with E-state index in [1.807, 2.05) is 40.0 Å². The minimum atomic E-state index is -0.344. The fourth-order valence-electron chi connectivity index (χ4n) is 2.74. The number of carbonyl (C=O) groups excluding carboxylic acids is 1. The van der Waals surface area contributed by atoms with Gasteiger partial charge in [-0.3, -0.25) is 14.9 Å². The molecule has 0 unspecified atom stereocenters. The summed E-state index contributed by atoms with van der Waals surface area (Å²) in [5, 5.41) is 13.4. The average molecular weight is 452 g/mol. The monoisotopic (exact) mass is 451 g/mol. The quantitative estimate of drug-likeness (QED) is 0.180. The second-order valence-corrected chi connectivity index (χ2v) is 6.87. The topological polar surface area (TPSA) is 85.6 Å². The number of aromatic nitrogens is 1. The number of hydrogen-bond acceptors (Lipinski definition) is 7. The zero-order valence-electron chi connectivity index (χ0n) is 19.5. The lowest BCUT2D eigenvalue weighted by atomic mass is 9.97. The van der Waals surface area contributed by atoms with Gasteiger partial charge in [0.2, 0.25) is 6.54 Å². The molecule has 7 nitrogen and oxygen atoms in total. The summed E-state index contributed by atoms with van der Waals surface area (Å²) in [6.45, 7) is 14.8. The molecule has 0 aromatic carbocycles. The molecule has 1 aromatic rings. The molecule has 1 aliphatic heterocycles. The van der Waals surface area contributed by atoms with Crippen molar-refractivity contribution in [2.24, 2.45) is 5.92 Å². The maximum atomic E-state index is 11.8. The van der Waals surface area contributed by atoms with Crippen molar-refractivity contribution in [1.29, 1.82) is 0 Å². The third-order valence-electron chi connectivity index (χ3n) is 4.07. The van der Waals surface area contributed by atoms with Gasteiger partial charge in [-0.25, -0.2) is 4.98 Å². The Labute approximate surface area is 191 Å². The van der Waals surface area contributed by atoms with Gasteiger partial charge in [-0.1, -0.05) is 26.8 Å². The Morgan fingerprint density at radius 3 is 2.39 bits per heavy atom. The van der Waals surface area contributed by atoms with Crippen LogP contribution in [0.1, 0.15) is 59.6 Å². The summed E-state index contributed by atoms with van der Waals surface area (Å²) in [5.41, 5.74) is 1.71. The summed E-state index contributed by atoms with van der Waals surface area (Å²) >= 11 is 1.54. The van der Waals surface area contributed by atoms with Crippen molar-refractivity contribution < 1.29 is 14.5 Å². The summed E-state index contributed by atoms with van der Waals surface area (Å²) in [4.78, 5) is 28.8. The Morgan fingerprint density at radius 2 is 1.94 bits per heavy atom. The second kappa shape index (κ2) is 19.3. The molecule has 0 spiro atoms.